The zero-order valence-corrected chi connectivity index (χ0v) is 9.47. The summed E-state index contributed by atoms with van der Waals surface area (Å²) in [4.78, 5) is 4.32. The first kappa shape index (κ1) is 10.9. The van der Waals surface area contributed by atoms with Crippen molar-refractivity contribution >= 4 is 0 Å². The van der Waals surface area contributed by atoms with Crippen molar-refractivity contribution < 1.29 is 0 Å². The van der Waals surface area contributed by atoms with Gasteiger partial charge in [0, 0.05) is 11.9 Å². The first-order valence-corrected chi connectivity index (χ1v) is 5.89. The quantitative estimate of drug-likeness (QED) is 0.688. The predicted octanol–water partition coefficient (Wildman–Crippen LogP) is 3.65. The van der Waals surface area contributed by atoms with Gasteiger partial charge in [-0.2, -0.15) is 0 Å². The Morgan fingerprint density at radius 3 is 2.25 bits per heavy atom. The molecule has 16 heavy (non-hydrogen) atoms. The topological polar surface area (TPSA) is 12.9 Å². The van der Waals surface area contributed by atoms with Gasteiger partial charge in [-0.25, -0.2) is 0 Å². The number of benzene rings is 1. The van der Waals surface area contributed by atoms with Crippen molar-refractivity contribution in [3.8, 4) is 0 Å². The van der Waals surface area contributed by atoms with E-state index in [9.17, 15) is 0 Å². The number of aryl methyl sites for hydroxylation is 2. The van der Waals surface area contributed by atoms with E-state index < -0.39 is 0 Å². The number of pyridine rings is 1. The van der Waals surface area contributed by atoms with Crippen molar-refractivity contribution in [1.82, 2.24) is 4.98 Å². The van der Waals surface area contributed by atoms with Crippen molar-refractivity contribution in [2.45, 2.75) is 25.7 Å². The molecule has 0 spiro atoms. The molecule has 1 heteroatoms. The van der Waals surface area contributed by atoms with Crippen LogP contribution >= 0.6 is 0 Å². The fourth-order valence-electron chi connectivity index (χ4n) is 1.83. The second kappa shape index (κ2) is 6.06. The fourth-order valence-corrected chi connectivity index (χ4v) is 1.83. The van der Waals surface area contributed by atoms with E-state index in [1.165, 1.54) is 30.5 Å². The molecule has 1 nitrogen and oxygen atoms in total. The largest absolute Gasteiger partial charge is 0.261 e. The number of hydrogen-bond donors (Lipinski definition) is 0. The summed E-state index contributed by atoms with van der Waals surface area (Å²) in [6.07, 6.45) is 6.58. The summed E-state index contributed by atoms with van der Waals surface area (Å²) in [5, 5.41) is 0. The van der Waals surface area contributed by atoms with Crippen LogP contribution in [0.4, 0.5) is 0 Å². The molecule has 0 fully saturated rings. The molecule has 0 saturated heterocycles. The van der Waals surface area contributed by atoms with Gasteiger partial charge in [-0.05, 0) is 43.4 Å². The molecular weight excluding hydrogens is 194 g/mol. The monoisotopic (exact) mass is 211 g/mol. The van der Waals surface area contributed by atoms with Gasteiger partial charge in [0.15, 0.2) is 0 Å². The molecule has 0 unspecified atom stereocenters. The van der Waals surface area contributed by atoms with E-state index in [1.807, 2.05) is 12.3 Å². The summed E-state index contributed by atoms with van der Waals surface area (Å²) < 4.78 is 0. The molecule has 1 aromatic carbocycles. The average molecular weight is 211 g/mol. The lowest BCUT2D eigenvalue weighted by atomic mass is 10.1. The Balaban J connectivity index is 1.70. The molecule has 0 radical (unpaired) electrons. The highest BCUT2D eigenvalue weighted by Gasteiger charge is 1.95. The maximum Gasteiger partial charge on any atom is 0.0403 e. The van der Waals surface area contributed by atoms with Crippen molar-refractivity contribution in [3.63, 3.8) is 0 Å². The van der Waals surface area contributed by atoms with Crippen LogP contribution in [0, 0.1) is 0 Å². The minimum absolute atomic E-state index is 1.09. The van der Waals surface area contributed by atoms with Gasteiger partial charge in [0.2, 0.25) is 0 Å². The number of unbranched alkanes of at least 4 members (excludes halogenated alkanes) is 1. The highest BCUT2D eigenvalue weighted by molar-refractivity contribution is 5.14. The number of nitrogens with zero attached hydrogens (tertiary/aromatic N) is 1. The van der Waals surface area contributed by atoms with Crippen molar-refractivity contribution in [1.29, 1.82) is 0 Å². The van der Waals surface area contributed by atoms with E-state index in [2.05, 4.69) is 47.4 Å². The van der Waals surface area contributed by atoms with Crippen molar-refractivity contribution in [3.05, 3.63) is 66.0 Å². The Kier molecular flexibility index (Phi) is 4.12. The van der Waals surface area contributed by atoms with Crippen molar-refractivity contribution in [2.24, 2.45) is 0 Å². The Morgan fingerprint density at radius 2 is 1.50 bits per heavy atom. The molecule has 1 heterocycles. The van der Waals surface area contributed by atoms with E-state index in [4.69, 9.17) is 0 Å². The highest BCUT2D eigenvalue weighted by atomic mass is 14.7. The second-order valence-electron chi connectivity index (χ2n) is 4.01. The molecule has 2 rings (SSSR count). The van der Waals surface area contributed by atoms with Gasteiger partial charge in [-0.3, -0.25) is 4.98 Å². The third-order valence-corrected chi connectivity index (χ3v) is 2.72. The smallest absolute Gasteiger partial charge is 0.0403 e. The fraction of sp³-hybridized carbons (Fsp3) is 0.267. The lowest BCUT2D eigenvalue weighted by Gasteiger charge is -2.01. The predicted molar refractivity (Wildman–Crippen MR) is 67.3 cm³/mol. The lowest BCUT2D eigenvalue weighted by molar-refractivity contribution is 0.723. The molecule has 0 aliphatic carbocycles. The zero-order chi connectivity index (χ0) is 11.1. The summed E-state index contributed by atoms with van der Waals surface area (Å²) in [5.41, 5.74) is 2.64. The summed E-state index contributed by atoms with van der Waals surface area (Å²) in [6, 6.07) is 16.8. The first-order chi connectivity index (χ1) is 7.95. The van der Waals surface area contributed by atoms with Gasteiger partial charge in [0.05, 0.1) is 0 Å². The van der Waals surface area contributed by atoms with Gasteiger partial charge >= 0.3 is 0 Å². The van der Waals surface area contributed by atoms with E-state index in [1.54, 1.807) is 0 Å². The van der Waals surface area contributed by atoms with Crippen LogP contribution in [0.15, 0.2) is 54.7 Å². The van der Waals surface area contributed by atoms with Gasteiger partial charge in [-0.15, -0.1) is 0 Å². The van der Waals surface area contributed by atoms with Crippen LogP contribution in [0.3, 0.4) is 0 Å². The lowest BCUT2D eigenvalue weighted by Crippen LogP contribution is -1.91. The van der Waals surface area contributed by atoms with Gasteiger partial charge < -0.3 is 0 Å². The first-order valence-electron chi connectivity index (χ1n) is 5.89. The van der Waals surface area contributed by atoms with Crippen LogP contribution in [0.2, 0.25) is 0 Å². The Hall–Kier alpha value is -1.63. The maximum absolute atomic E-state index is 4.32. The third kappa shape index (κ3) is 3.50. The number of rotatable bonds is 5. The Labute approximate surface area is 97.2 Å². The Morgan fingerprint density at radius 1 is 0.750 bits per heavy atom. The summed E-state index contributed by atoms with van der Waals surface area (Å²) in [5.74, 6) is 0. The minimum atomic E-state index is 1.09. The molecule has 0 amide bonds. The molecule has 82 valence electrons. The summed E-state index contributed by atoms with van der Waals surface area (Å²) in [6.45, 7) is 0. The van der Waals surface area contributed by atoms with Gasteiger partial charge in [0.1, 0.15) is 0 Å². The van der Waals surface area contributed by atoms with Crippen LogP contribution in [0.25, 0.3) is 0 Å². The molecule has 0 atom stereocenters. The Bertz CT molecular complexity index is 353. The SMILES string of the molecule is c1ccc(CCCCc2ccccn2)cc1. The minimum Gasteiger partial charge on any atom is -0.261 e. The normalized spacial score (nSPS) is 10.2. The highest BCUT2D eigenvalue weighted by Crippen LogP contribution is 2.07. The molecule has 0 aliphatic rings. The molecule has 1 aromatic heterocycles. The standard InChI is InChI=1S/C15H17N/c1-2-8-14(9-3-1)10-4-5-11-15-12-6-7-13-16-15/h1-3,6-9,12-13H,4-5,10-11H2. The third-order valence-electron chi connectivity index (χ3n) is 2.72. The van der Waals surface area contributed by atoms with Gasteiger partial charge in [-0.1, -0.05) is 36.4 Å². The second-order valence-corrected chi connectivity index (χ2v) is 4.01. The molecule has 2 aromatic rings. The summed E-state index contributed by atoms with van der Waals surface area (Å²) in [7, 11) is 0. The van der Waals surface area contributed by atoms with E-state index >= 15 is 0 Å². The van der Waals surface area contributed by atoms with E-state index in [0.29, 0.717) is 0 Å². The molecule has 0 aliphatic heterocycles. The molecular formula is C15H17N. The molecule has 0 N–H and O–H groups in total. The zero-order valence-electron chi connectivity index (χ0n) is 9.47. The van der Waals surface area contributed by atoms with Gasteiger partial charge in [0.25, 0.3) is 0 Å². The number of aromatic nitrogens is 1. The molecule has 0 bridgehead atoms. The van der Waals surface area contributed by atoms with E-state index in [0.717, 1.165) is 6.42 Å². The van der Waals surface area contributed by atoms with Crippen LogP contribution in [0.1, 0.15) is 24.1 Å². The van der Waals surface area contributed by atoms with Crippen LogP contribution in [-0.2, 0) is 12.8 Å². The molecule has 0 saturated carbocycles. The number of hydrogen-bond acceptors (Lipinski definition) is 1. The maximum atomic E-state index is 4.32. The van der Waals surface area contributed by atoms with Crippen LogP contribution in [0.5, 0.6) is 0 Å². The van der Waals surface area contributed by atoms with E-state index in [-0.39, 0.29) is 0 Å². The summed E-state index contributed by atoms with van der Waals surface area (Å²) >= 11 is 0. The van der Waals surface area contributed by atoms with Crippen LogP contribution < -0.4 is 0 Å². The van der Waals surface area contributed by atoms with Crippen LogP contribution in [-0.4, -0.2) is 4.98 Å². The average Bonchev–Trinajstić information content (AvgIpc) is 2.37. The van der Waals surface area contributed by atoms with Crippen molar-refractivity contribution in [2.75, 3.05) is 0 Å².